The first kappa shape index (κ1) is 27.9. The molecule has 51 heavy (non-hydrogen) atoms. The molecule has 6 nitrogen and oxygen atoms in total. The Bertz CT molecular complexity index is 3030. The number of aromatic nitrogens is 4. The summed E-state index contributed by atoms with van der Waals surface area (Å²) >= 11 is 0. The Labute approximate surface area is 290 Å². The van der Waals surface area contributed by atoms with Crippen molar-refractivity contribution in [1.82, 2.24) is 19.5 Å². The SMILES string of the molecule is c1ccc(-c2nc(-c3ccccc3)nc(-c3cccc4oc5c(ccc6c7cccc(-n8c9ccccc9c9ccccc98)c7oc65)c34)n2)cc1. The highest BCUT2D eigenvalue weighted by atomic mass is 16.4. The zero-order valence-corrected chi connectivity index (χ0v) is 27.1. The Morgan fingerprint density at radius 3 is 1.59 bits per heavy atom. The largest absolute Gasteiger partial charge is 0.452 e. The van der Waals surface area contributed by atoms with Gasteiger partial charge in [-0.25, -0.2) is 15.0 Å². The average molecular weight is 655 g/mol. The number of hydrogen-bond acceptors (Lipinski definition) is 5. The van der Waals surface area contributed by atoms with Crippen molar-refractivity contribution >= 4 is 65.7 Å². The van der Waals surface area contributed by atoms with Crippen LogP contribution in [0.3, 0.4) is 0 Å². The van der Waals surface area contributed by atoms with Gasteiger partial charge in [-0.2, -0.15) is 0 Å². The lowest BCUT2D eigenvalue weighted by Gasteiger charge is -2.09. The Morgan fingerprint density at radius 1 is 0.373 bits per heavy atom. The molecule has 0 radical (unpaired) electrons. The third kappa shape index (κ3) is 4.14. The minimum absolute atomic E-state index is 0.578. The van der Waals surface area contributed by atoms with Crippen LogP contribution in [0.4, 0.5) is 0 Å². The predicted octanol–water partition coefficient (Wildman–Crippen LogP) is 11.8. The van der Waals surface area contributed by atoms with E-state index in [1.54, 1.807) is 0 Å². The molecule has 4 heterocycles. The van der Waals surface area contributed by atoms with Crippen LogP contribution in [0.2, 0.25) is 0 Å². The lowest BCUT2D eigenvalue weighted by Crippen LogP contribution is -2.00. The molecule has 0 aliphatic rings. The number of rotatable bonds is 4. The van der Waals surface area contributed by atoms with Crippen molar-refractivity contribution in [1.29, 1.82) is 0 Å². The second-order valence-electron chi connectivity index (χ2n) is 12.8. The lowest BCUT2D eigenvalue weighted by molar-refractivity contribution is 0.632. The molecule has 0 amide bonds. The van der Waals surface area contributed by atoms with Crippen LogP contribution >= 0.6 is 0 Å². The van der Waals surface area contributed by atoms with Gasteiger partial charge in [-0.3, -0.25) is 0 Å². The number of nitrogens with zero attached hydrogens (tertiary/aromatic N) is 4. The fourth-order valence-corrected chi connectivity index (χ4v) is 7.60. The molecule has 0 saturated carbocycles. The van der Waals surface area contributed by atoms with E-state index < -0.39 is 0 Å². The highest BCUT2D eigenvalue weighted by Crippen LogP contribution is 2.44. The van der Waals surface area contributed by atoms with E-state index in [0.29, 0.717) is 28.6 Å². The van der Waals surface area contributed by atoms with Crippen LogP contribution in [0.5, 0.6) is 0 Å². The molecule has 0 aliphatic carbocycles. The summed E-state index contributed by atoms with van der Waals surface area (Å²) in [5, 5.41) is 6.31. The van der Waals surface area contributed by atoms with E-state index in [1.165, 1.54) is 10.8 Å². The molecular weight excluding hydrogens is 629 g/mol. The number of para-hydroxylation sites is 3. The van der Waals surface area contributed by atoms with E-state index in [1.807, 2.05) is 72.8 Å². The van der Waals surface area contributed by atoms with E-state index in [0.717, 1.165) is 66.1 Å². The normalized spacial score (nSPS) is 11.9. The van der Waals surface area contributed by atoms with Gasteiger partial charge < -0.3 is 13.4 Å². The van der Waals surface area contributed by atoms with Gasteiger partial charge in [0.1, 0.15) is 5.58 Å². The van der Waals surface area contributed by atoms with Crippen LogP contribution in [0.25, 0.3) is 106 Å². The van der Waals surface area contributed by atoms with Gasteiger partial charge in [0.15, 0.2) is 34.2 Å². The summed E-state index contributed by atoms with van der Waals surface area (Å²) in [5.74, 6) is 1.80. The van der Waals surface area contributed by atoms with Crippen molar-refractivity contribution in [3.05, 3.63) is 158 Å². The molecule has 7 aromatic carbocycles. The summed E-state index contributed by atoms with van der Waals surface area (Å²) in [6.45, 7) is 0. The fourth-order valence-electron chi connectivity index (χ4n) is 7.60. The van der Waals surface area contributed by atoms with E-state index in [2.05, 4.69) is 89.5 Å². The second kappa shape index (κ2) is 10.7. The van der Waals surface area contributed by atoms with Gasteiger partial charge in [0, 0.05) is 49.0 Å². The lowest BCUT2D eigenvalue weighted by atomic mass is 10.0. The molecule has 0 atom stereocenters. The van der Waals surface area contributed by atoms with Crippen molar-refractivity contribution in [2.24, 2.45) is 0 Å². The molecule has 0 fully saturated rings. The molecule has 11 rings (SSSR count). The topological polar surface area (TPSA) is 69.9 Å². The first-order valence-electron chi connectivity index (χ1n) is 17.0. The van der Waals surface area contributed by atoms with Gasteiger partial charge in [0.2, 0.25) is 0 Å². The molecule has 238 valence electrons. The molecule has 0 saturated heterocycles. The molecule has 4 aromatic heterocycles. The molecule has 0 aliphatic heterocycles. The molecule has 11 aromatic rings. The van der Waals surface area contributed by atoms with Gasteiger partial charge in [-0.1, -0.05) is 121 Å². The first-order chi connectivity index (χ1) is 25.3. The van der Waals surface area contributed by atoms with Crippen LogP contribution in [-0.2, 0) is 0 Å². The van der Waals surface area contributed by atoms with Crippen LogP contribution in [0, 0.1) is 0 Å². The van der Waals surface area contributed by atoms with Gasteiger partial charge in [-0.15, -0.1) is 0 Å². The van der Waals surface area contributed by atoms with Gasteiger partial charge >= 0.3 is 0 Å². The van der Waals surface area contributed by atoms with Crippen molar-refractivity contribution < 1.29 is 8.83 Å². The third-order valence-electron chi connectivity index (χ3n) is 9.87. The van der Waals surface area contributed by atoms with Crippen molar-refractivity contribution in [2.45, 2.75) is 0 Å². The Kier molecular flexibility index (Phi) is 5.86. The van der Waals surface area contributed by atoms with Crippen molar-refractivity contribution in [2.75, 3.05) is 0 Å². The Hall–Kier alpha value is -7.05. The monoisotopic (exact) mass is 654 g/mol. The van der Waals surface area contributed by atoms with Crippen LogP contribution in [0.1, 0.15) is 0 Å². The highest BCUT2D eigenvalue weighted by molar-refractivity contribution is 6.22. The standard InChI is InChI=1S/C45H26N4O2/c1-3-13-27(14-4-1)43-46-44(28-15-5-2-6-16-28)48-45(47-43)34-20-12-24-38-39(34)33-26-25-32-31-19-11-23-37(40(31)51-41(32)42(33)50-38)49-35-21-9-7-17-29(35)30-18-8-10-22-36(30)49/h1-26H. The maximum atomic E-state index is 6.89. The third-order valence-corrected chi connectivity index (χ3v) is 9.87. The highest BCUT2D eigenvalue weighted by Gasteiger charge is 2.23. The van der Waals surface area contributed by atoms with Crippen LogP contribution < -0.4 is 0 Å². The van der Waals surface area contributed by atoms with E-state index in [9.17, 15) is 0 Å². The maximum Gasteiger partial charge on any atom is 0.178 e. The maximum absolute atomic E-state index is 6.89. The first-order valence-corrected chi connectivity index (χ1v) is 17.0. The number of benzene rings is 7. The van der Waals surface area contributed by atoms with Gasteiger partial charge in [0.05, 0.1) is 16.7 Å². The molecule has 0 spiro atoms. The number of furan rings is 2. The Morgan fingerprint density at radius 2 is 0.902 bits per heavy atom. The molecule has 0 N–H and O–H groups in total. The van der Waals surface area contributed by atoms with E-state index in [-0.39, 0.29) is 0 Å². The summed E-state index contributed by atoms with van der Waals surface area (Å²) in [4.78, 5) is 15.0. The molecule has 0 unspecified atom stereocenters. The summed E-state index contributed by atoms with van der Waals surface area (Å²) in [6.07, 6.45) is 0. The molecule has 0 bridgehead atoms. The number of hydrogen-bond donors (Lipinski definition) is 0. The summed E-state index contributed by atoms with van der Waals surface area (Å²) in [7, 11) is 0. The molecular formula is C45H26N4O2. The zero-order chi connectivity index (χ0) is 33.5. The van der Waals surface area contributed by atoms with E-state index >= 15 is 0 Å². The quantitative estimate of drug-likeness (QED) is 0.189. The Balaban J connectivity index is 1.16. The van der Waals surface area contributed by atoms with Gasteiger partial charge in [-0.05, 0) is 36.4 Å². The van der Waals surface area contributed by atoms with Gasteiger partial charge in [0.25, 0.3) is 0 Å². The summed E-state index contributed by atoms with van der Waals surface area (Å²) in [5.41, 5.74) is 8.91. The number of fused-ring (bicyclic) bond motifs is 10. The minimum Gasteiger partial charge on any atom is -0.452 e. The smallest absolute Gasteiger partial charge is 0.178 e. The minimum atomic E-state index is 0.578. The zero-order valence-electron chi connectivity index (χ0n) is 27.1. The van der Waals surface area contributed by atoms with E-state index in [4.69, 9.17) is 23.8 Å². The van der Waals surface area contributed by atoms with Crippen LogP contribution in [-0.4, -0.2) is 19.5 Å². The summed E-state index contributed by atoms with van der Waals surface area (Å²) < 4.78 is 15.9. The fraction of sp³-hybridized carbons (Fsp3) is 0. The molecule has 6 heteroatoms. The summed E-state index contributed by atoms with van der Waals surface area (Å²) in [6, 6.07) is 53.8. The van der Waals surface area contributed by atoms with Crippen molar-refractivity contribution in [3.8, 4) is 39.9 Å². The van der Waals surface area contributed by atoms with Crippen molar-refractivity contribution in [3.63, 3.8) is 0 Å². The second-order valence-corrected chi connectivity index (χ2v) is 12.8. The average Bonchev–Trinajstić information content (AvgIpc) is 3.88. The predicted molar refractivity (Wildman–Crippen MR) is 205 cm³/mol. The van der Waals surface area contributed by atoms with Crippen LogP contribution in [0.15, 0.2) is 167 Å².